The largest absolute Gasteiger partial charge is 0.493 e. The van der Waals surface area contributed by atoms with Crippen LogP contribution < -0.4 is 15.0 Å². The molecule has 0 atom stereocenters. The van der Waals surface area contributed by atoms with Gasteiger partial charge in [0.25, 0.3) is 21.5 Å². The first-order valence-electron chi connectivity index (χ1n) is 11.3. The van der Waals surface area contributed by atoms with E-state index in [-0.39, 0.29) is 34.3 Å². The second-order valence-electron chi connectivity index (χ2n) is 8.52. The van der Waals surface area contributed by atoms with Crippen molar-refractivity contribution in [3.63, 3.8) is 0 Å². The van der Waals surface area contributed by atoms with E-state index in [1.165, 1.54) is 35.1 Å². The zero-order chi connectivity index (χ0) is 26.0. The van der Waals surface area contributed by atoms with Crippen LogP contribution in [-0.4, -0.2) is 45.7 Å². The molecule has 1 amide bonds. The second-order valence-corrected chi connectivity index (χ2v) is 10.2. The molecular weight excluding hydrogens is 484 g/mol. The highest BCUT2D eigenvalue weighted by atomic mass is 32.2. The fourth-order valence-corrected chi connectivity index (χ4v) is 4.75. The molecule has 12 heteroatoms. The van der Waals surface area contributed by atoms with E-state index >= 15 is 0 Å². The van der Waals surface area contributed by atoms with Gasteiger partial charge in [-0.25, -0.2) is 18.1 Å². The number of hydrogen-bond donors (Lipinski definition) is 2. The average molecular weight is 511 g/mol. The number of sulfonamides is 1. The van der Waals surface area contributed by atoms with Gasteiger partial charge in [0.15, 0.2) is 5.52 Å². The van der Waals surface area contributed by atoms with Crippen LogP contribution in [0.15, 0.2) is 52.3 Å². The maximum atomic E-state index is 12.9. The predicted octanol–water partition coefficient (Wildman–Crippen LogP) is 2.43. The Morgan fingerprint density at radius 2 is 2.00 bits per heavy atom. The number of rotatable bonds is 8. The van der Waals surface area contributed by atoms with Gasteiger partial charge < -0.3 is 9.72 Å². The van der Waals surface area contributed by atoms with Gasteiger partial charge in [0.1, 0.15) is 22.8 Å². The van der Waals surface area contributed by atoms with E-state index in [2.05, 4.69) is 20.1 Å². The van der Waals surface area contributed by atoms with Gasteiger partial charge >= 0.3 is 0 Å². The Morgan fingerprint density at radius 1 is 1.22 bits per heavy atom. The molecule has 0 aliphatic rings. The minimum atomic E-state index is -4.23. The first-order chi connectivity index (χ1) is 17.1. The van der Waals surface area contributed by atoms with E-state index in [1.54, 1.807) is 26.1 Å². The lowest BCUT2D eigenvalue weighted by atomic mass is 10.1. The molecule has 2 N–H and O–H groups in total. The third-order valence-electron chi connectivity index (χ3n) is 5.31. The first kappa shape index (κ1) is 25.0. The number of benzene rings is 1. The van der Waals surface area contributed by atoms with Gasteiger partial charge in [-0.2, -0.15) is 5.10 Å². The van der Waals surface area contributed by atoms with Gasteiger partial charge in [-0.3, -0.25) is 19.3 Å². The topological polar surface area (TPSA) is 149 Å². The molecule has 4 aromatic rings. The molecule has 11 nitrogen and oxygen atoms in total. The second kappa shape index (κ2) is 9.90. The fourth-order valence-electron chi connectivity index (χ4n) is 3.77. The van der Waals surface area contributed by atoms with Crippen LogP contribution >= 0.6 is 0 Å². The number of carbonyl (C=O) groups is 1. The third-order valence-corrected chi connectivity index (χ3v) is 6.64. The Labute approximate surface area is 207 Å². The normalized spacial score (nSPS) is 11.7. The quantitative estimate of drug-likeness (QED) is 0.367. The molecule has 0 unspecified atom stereocenters. The molecular formula is C24H26N6O5S. The number of aryl methyl sites for hydroxylation is 1. The summed E-state index contributed by atoms with van der Waals surface area (Å²) in [5.74, 6) is -0.154. The van der Waals surface area contributed by atoms with Crippen LogP contribution in [0.25, 0.3) is 22.4 Å². The number of carbonyl (C=O) groups excluding carboxylic acids is 1. The van der Waals surface area contributed by atoms with Gasteiger partial charge in [-0.05, 0) is 43.5 Å². The van der Waals surface area contributed by atoms with Crippen molar-refractivity contribution in [1.29, 1.82) is 0 Å². The predicted molar refractivity (Wildman–Crippen MR) is 133 cm³/mol. The average Bonchev–Trinajstić information content (AvgIpc) is 3.14. The van der Waals surface area contributed by atoms with Crippen molar-refractivity contribution in [2.75, 3.05) is 6.61 Å². The molecule has 0 bridgehead atoms. The third kappa shape index (κ3) is 4.98. The molecule has 0 aliphatic heterocycles. The summed E-state index contributed by atoms with van der Waals surface area (Å²) in [5, 5.41) is 4.46. The van der Waals surface area contributed by atoms with Gasteiger partial charge in [0.2, 0.25) is 0 Å². The van der Waals surface area contributed by atoms with Crippen LogP contribution in [0.5, 0.6) is 5.75 Å². The van der Waals surface area contributed by atoms with Crippen molar-refractivity contribution in [3.8, 4) is 17.1 Å². The van der Waals surface area contributed by atoms with Gasteiger partial charge in [-0.1, -0.05) is 19.9 Å². The number of aromatic nitrogens is 5. The number of amides is 1. The number of ether oxygens (including phenoxy) is 1. The maximum Gasteiger partial charge on any atom is 0.283 e. The highest BCUT2D eigenvalue weighted by molar-refractivity contribution is 7.90. The molecule has 3 heterocycles. The lowest BCUT2D eigenvalue weighted by Gasteiger charge is -2.13. The highest BCUT2D eigenvalue weighted by Gasteiger charge is 2.23. The fraction of sp³-hybridized carbons (Fsp3) is 0.292. The Balaban J connectivity index is 1.77. The number of nitrogens with one attached hydrogen (secondary N) is 2. The summed E-state index contributed by atoms with van der Waals surface area (Å²) in [5.41, 5.74) is 1.51. The molecule has 0 aliphatic carbocycles. The minimum absolute atomic E-state index is 0.0357. The molecule has 0 saturated heterocycles. The monoisotopic (exact) mass is 510 g/mol. The van der Waals surface area contributed by atoms with Crippen molar-refractivity contribution in [2.45, 2.75) is 32.1 Å². The molecule has 0 fully saturated rings. The minimum Gasteiger partial charge on any atom is -0.493 e. The summed E-state index contributed by atoms with van der Waals surface area (Å²) in [6.07, 6.45) is 2.03. The number of H-pyrrole nitrogens is 1. The van der Waals surface area contributed by atoms with Crippen molar-refractivity contribution in [1.82, 2.24) is 29.5 Å². The van der Waals surface area contributed by atoms with Gasteiger partial charge in [-0.15, -0.1) is 0 Å². The number of fused-ring (bicyclic) bond motifs is 1. The van der Waals surface area contributed by atoms with E-state index < -0.39 is 15.9 Å². The summed E-state index contributed by atoms with van der Waals surface area (Å²) in [4.78, 5) is 36.3. The zero-order valence-electron chi connectivity index (χ0n) is 20.3. The van der Waals surface area contributed by atoms with E-state index in [1.807, 2.05) is 18.6 Å². The summed E-state index contributed by atoms with van der Waals surface area (Å²) >= 11 is 0. The Kier molecular flexibility index (Phi) is 6.88. The molecule has 188 valence electrons. The van der Waals surface area contributed by atoms with Crippen molar-refractivity contribution in [3.05, 3.63) is 64.3 Å². The molecule has 0 saturated carbocycles. The van der Waals surface area contributed by atoms with E-state index in [0.717, 1.165) is 0 Å². The van der Waals surface area contributed by atoms with Crippen molar-refractivity contribution < 1.29 is 17.9 Å². The Bertz CT molecular complexity index is 1590. The summed E-state index contributed by atoms with van der Waals surface area (Å²) in [7, 11) is -2.54. The maximum absolute atomic E-state index is 12.9. The molecule has 0 spiro atoms. The molecule has 3 aromatic heterocycles. The van der Waals surface area contributed by atoms with E-state index in [0.29, 0.717) is 34.6 Å². The molecule has 0 radical (unpaired) electrons. The SMILES string of the molecule is CCOc1cc(S(=O)(=O)NC(=O)c2ccccn2)ccc1-c1nc2c(CC(C)C)nn(C)c2c(=O)[nH]1. The number of nitrogens with zero attached hydrogens (tertiary/aromatic N) is 4. The highest BCUT2D eigenvalue weighted by Crippen LogP contribution is 2.31. The van der Waals surface area contributed by atoms with E-state index in [9.17, 15) is 18.0 Å². The molecule has 4 rings (SSSR count). The first-order valence-corrected chi connectivity index (χ1v) is 12.8. The smallest absolute Gasteiger partial charge is 0.283 e. The summed E-state index contributed by atoms with van der Waals surface area (Å²) in [6, 6.07) is 8.68. The summed E-state index contributed by atoms with van der Waals surface area (Å²) in [6.45, 7) is 6.07. The standard InChI is InChI=1S/C24H26N6O5S/c1-5-35-19-13-15(36(33,34)29-23(31)17-8-6-7-11-25-17)9-10-16(19)22-26-20-18(12-14(2)3)28-30(4)21(20)24(32)27-22/h6-11,13-14H,5,12H2,1-4H3,(H,29,31)(H,26,27,32). The van der Waals surface area contributed by atoms with Crippen LogP contribution in [0, 0.1) is 5.92 Å². The number of pyridine rings is 1. The Morgan fingerprint density at radius 3 is 2.67 bits per heavy atom. The van der Waals surface area contributed by atoms with Gasteiger partial charge in [0.05, 0.1) is 22.8 Å². The lowest BCUT2D eigenvalue weighted by Crippen LogP contribution is -2.31. The van der Waals surface area contributed by atoms with Crippen LogP contribution in [-0.2, 0) is 23.5 Å². The zero-order valence-corrected chi connectivity index (χ0v) is 21.1. The van der Waals surface area contributed by atoms with Crippen LogP contribution in [0.1, 0.15) is 37.0 Å². The van der Waals surface area contributed by atoms with Crippen molar-refractivity contribution >= 4 is 27.0 Å². The summed E-state index contributed by atoms with van der Waals surface area (Å²) < 4.78 is 35.0. The van der Waals surface area contributed by atoms with E-state index in [4.69, 9.17) is 4.74 Å². The van der Waals surface area contributed by atoms with Crippen LogP contribution in [0.3, 0.4) is 0 Å². The van der Waals surface area contributed by atoms with Gasteiger partial charge in [0, 0.05) is 19.3 Å². The molecule has 36 heavy (non-hydrogen) atoms. The number of hydrogen-bond acceptors (Lipinski definition) is 8. The van der Waals surface area contributed by atoms with Crippen LogP contribution in [0.2, 0.25) is 0 Å². The number of aromatic amines is 1. The lowest BCUT2D eigenvalue weighted by molar-refractivity contribution is 0.0976. The van der Waals surface area contributed by atoms with Crippen LogP contribution in [0.4, 0.5) is 0 Å². The Hall–Kier alpha value is -4.06. The van der Waals surface area contributed by atoms with Crippen molar-refractivity contribution in [2.24, 2.45) is 13.0 Å². The molecule has 1 aromatic carbocycles.